The number of hydrogen-bond donors (Lipinski definition) is 2. The van der Waals surface area contributed by atoms with Crippen molar-refractivity contribution in [2.45, 2.75) is 43.7 Å². The van der Waals surface area contributed by atoms with Crippen molar-refractivity contribution in [2.75, 3.05) is 0 Å². The number of carbonyl (C=O) groups is 1. The molecule has 0 heterocycles. The molecular formula is C13H16ClF2NO5S. The van der Waals surface area contributed by atoms with Gasteiger partial charge in [0, 0.05) is 5.02 Å². The van der Waals surface area contributed by atoms with Crippen LogP contribution in [0, 0.1) is 0 Å². The van der Waals surface area contributed by atoms with E-state index in [4.69, 9.17) is 16.7 Å². The summed E-state index contributed by atoms with van der Waals surface area (Å²) < 4.78 is 55.5. The fourth-order valence-electron chi connectivity index (χ4n) is 1.78. The van der Waals surface area contributed by atoms with Gasteiger partial charge in [0.1, 0.15) is 16.7 Å². The minimum absolute atomic E-state index is 0.0209. The number of rotatable bonds is 9. The zero-order chi connectivity index (χ0) is 17.6. The molecule has 6 nitrogen and oxygen atoms in total. The number of ether oxygens (including phenoxy) is 1. The van der Waals surface area contributed by atoms with Crippen LogP contribution in [0.4, 0.5) is 8.78 Å². The van der Waals surface area contributed by atoms with E-state index in [1.54, 1.807) is 0 Å². The monoisotopic (exact) mass is 371 g/mol. The third kappa shape index (κ3) is 5.92. The van der Waals surface area contributed by atoms with Gasteiger partial charge in [0.05, 0.1) is 0 Å². The fourth-order valence-corrected chi connectivity index (χ4v) is 3.40. The van der Waals surface area contributed by atoms with Gasteiger partial charge in [-0.05, 0) is 24.6 Å². The number of nitrogens with one attached hydrogen (secondary N) is 1. The summed E-state index contributed by atoms with van der Waals surface area (Å²) in [5.41, 5.74) is 0. The van der Waals surface area contributed by atoms with Gasteiger partial charge in [-0.15, -0.1) is 0 Å². The van der Waals surface area contributed by atoms with Gasteiger partial charge in [-0.2, -0.15) is 13.5 Å². The van der Waals surface area contributed by atoms with Crippen molar-refractivity contribution in [1.82, 2.24) is 4.72 Å². The maximum Gasteiger partial charge on any atom is 0.387 e. The van der Waals surface area contributed by atoms with Gasteiger partial charge in [0.2, 0.25) is 10.0 Å². The number of benzene rings is 1. The lowest BCUT2D eigenvalue weighted by Gasteiger charge is -2.16. The summed E-state index contributed by atoms with van der Waals surface area (Å²) in [6.45, 7) is -1.42. The molecule has 1 atom stereocenters. The quantitative estimate of drug-likeness (QED) is 0.696. The average Bonchev–Trinajstić information content (AvgIpc) is 2.44. The SMILES string of the molecule is CCCCC(NS(=O)(=O)c1cc(Cl)ccc1OC(F)F)C(=O)O. The zero-order valence-electron chi connectivity index (χ0n) is 12.1. The minimum Gasteiger partial charge on any atom is -0.480 e. The Balaban J connectivity index is 3.15. The Morgan fingerprint density at radius 3 is 2.61 bits per heavy atom. The molecule has 0 aliphatic carbocycles. The first-order valence-electron chi connectivity index (χ1n) is 6.67. The molecule has 1 aromatic carbocycles. The number of aliphatic carboxylic acids is 1. The molecule has 0 aliphatic rings. The Bertz CT molecular complexity index is 654. The molecular weight excluding hydrogens is 356 g/mol. The van der Waals surface area contributed by atoms with Crippen LogP contribution >= 0.6 is 11.6 Å². The number of hydrogen-bond acceptors (Lipinski definition) is 4. The zero-order valence-corrected chi connectivity index (χ0v) is 13.7. The second-order valence-electron chi connectivity index (χ2n) is 4.62. The maximum absolute atomic E-state index is 12.4. The van der Waals surface area contributed by atoms with Crippen molar-refractivity contribution in [2.24, 2.45) is 0 Å². The second-order valence-corrected chi connectivity index (χ2v) is 6.74. The highest BCUT2D eigenvalue weighted by Gasteiger charge is 2.28. The van der Waals surface area contributed by atoms with Crippen molar-refractivity contribution in [1.29, 1.82) is 0 Å². The van der Waals surface area contributed by atoms with E-state index >= 15 is 0 Å². The maximum atomic E-state index is 12.4. The Kier molecular flexibility index (Phi) is 7.17. The first kappa shape index (κ1) is 19.6. The highest BCUT2D eigenvalue weighted by Crippen LogP contribution is 2.29. The van der Waals surface area contributed by atoms with Gasteiger partial charge < -0.3 is 9.84 Å². The first-order chi connectivity index (χ1) is 10.7. The largest absolute Gasteiger partial charge is 0.480 e. The lowest BCUT2D eigenvalue weighted by Crippen LogP contribution is -2.40. The van der Waals surface area contributed by atoms with Gasteiger partial charge in [-0.1, -0.05) is 31.4 Å². The van der Waals surface area contributed by atoms with Gasteiger partial charge in [-0.3, -0.25) is 4.79 Å². The molecule has 0 aliphatic heterocycles. The predicted octanol–water partition coefficient (Wildman–Crippen LogP) is 2.86. The smallest absolute Gasteiger partial charge is 0.387 e. The van der Waals surface area contributed by atoms with E-state index in [2.05, 4.69) is 4.74 Å². The number of alkyl halides is 2. The predicted molar refractivity (Wildman–Crippen MR) is 79.4 cm³/mol. The van der Waals surface area contributed by atoms with Crippen molar-refractivity contribution in [3.63, 3.8) is 0 Å². The van der Waals surface area contributed by atoms with Crippen LogP contribution in [-0.2, 0) is 14.8 Å². The standard InChI is InChI=1S/C13H16ClF2NO5S/c1-2-3-4-9(12(18)19)17-23(20,21)11-7-8(14)5-6-10(11)22-13(15)16/h5-7,9,13,17H,2-4H2,1H3,(H,18,19). The molecule has 130 valence electrons. The molecule has 0 spiro atoms. The van der Waals surface area contributed by atoms with Crippen LogP contribution in [-0.4, -0.2) is 32.1 Å². The summed E-state index contributed by atoms with van der Waals surface area (Å²) in [6, 6.07) is 1.70. The number of unbranched alkanes of at least 4 members (excludes halogenated alkanes) is 1. The summed E-state index contributed by atoms with van der Waals surface area (Å²) >= 11 is 5.69. The van der Waals surface area contributed by atoms with Gasteiger partial charge in [0.25, 0.3) is 0 Å². The Morgan fingerprint density at radius 2 is 2.09 bits per heavy atom. The third-order valence-electron chi connectivity index (χ3n) is 2.85. The van der Waals surface area contributed by atoms with E-state index < -0.39 is 39.3 Å². The Labute approximate surface area is 137 Å². The topological polar surface area (TPSA) is 92.7 Å². The molecule has 0 saturated carbocycles. The van der Waals surface area contributed by atoms with Crippen molar-refractivity contribution < 1.29 is 31.8 Å². The average molecular weight is 372 g/mol. The van der Waals surface area contributed by atoms with Gasteiger partial charge >= 0.3 is 12.6 Å². The summed E-state index contributed by atoms with van der Waals surface area (Å²) in [7, 11) is -4.41. The molecule has 0 saturated heterocycles. The molecule has 0 bridgehead atoms. The third-order valence-corrected chi connectivity index (χ3v) is 4.58. The molecule has 10 heteroatoms. The van der Waals surface area contributed by atoms with E-state index in [9.17, 15) is 22.0 Å². The van der Waals surface area contributed by atoms with Gasteiger partial charge in [0.15, 0.2) is 0 Å². The van der Waals surface area contributed by atoms with Crippen LogP contribution in [0.1, 0.15) is 26.2 Å². The summed E-state index contributed by atoms with van der Waals surface area (Å²) in [5.74, 6) is -1.98. The highest BCUT2D eigenvalue weighted by molar-refractivity contribution is 7.89. The highest BCUT2D eigenvalue weighted by atomic mass is 35.5. The van der Waals surface area contributed by atoms with E-state index in [0.717, 1.165) is 12.1 Å². The molecule has 2 N–H and O–H groups in total. The second kappa shape index (κ2) is 8.42. The van der Waals surface area contributed by atoms with Crippen molar-refractivity contribution in [3.8, 4) is 5.75 Å². The van der Waals surface area contributed by atoms with Gasteiger partial charge in [-0.25, -0.2) is 8.42 Å². The molecule has 1 rings (SSSR count). The first-order valence-corrected chi connectivity index (χ1v) is 8.53. The van der Waals surface area contributed by atoms with Crippen LogP contribution in [0.25, 0.3) is 0 Å². The van der Waals surface area contributed by atoms with Crippen LogP contribution < -0.4 is 9.46 Å². The van der Waals surface area contributed by atoms with E-state index in [1.807, 2.05) is 11.6 Å². The summed E-state index contributed by atoms with van der Waals surface area (Å²) in [6.07, 6.45) is 1.22. The van der Waals surface area contributed by atoms with Crippen LogP contribution in [0.15, 0.2) is 23.1 Å². The fraction of sp³-hybridized carbons (Fsp3) is 0.462. The molecule has 0 amide bonds. The van der Waals surface area contributed by atoms with Crippen LogP contribution in [0.3, 0.4) is 0 Å². The van der Waals surface area contributed by atoms with E-state index in [-0.39, 0.29) is 11.4 Å². The lowest BCUT2D eigenvalue weighted by molar-refractivity contribution is -0.139. The molecule has 1 unspecified atom stereocenters. The van der Waals surface area contributed by atoms with E-state index in [0.29, 0.717) is 12.8 Å². The molecule has 23 heavy (non-hydrogen) atoms. The summed E-state index contributed by atoms with van der Waals surface area (Å²) in [5, 5.41) is 9.05. The number of carboxylic acids is 1. The lowest BCUT2D eigenvalue weighted by atomic mass is 10.1. The normalized spacial score (nSPS) is 13.1. The van der Waals surface area contributed by atoms with Crippen LogP contribution in [0.5, 0.6) is 5.75 Å². The molecule has 0 aromatic heterocycles. The van der Waals surface area contributed by atoms with E-state index in [1.165, 1.54) is 6.07 Å². The van der Waals surface area contributed by atoms with Crippen LogP contribution in [0.2, 0.25) is 5.02 Å². The minimum atomic E-state index is -4.41. The van der Waals surface area contributed by atoms with Crippen molar-refractivity contribution >= 4 is 27.6 Å². The molecule has 0 radical (unpaired) electrons. The Hall–Kier alpha value is -1.45. The molecule has 0 fully saturated rings. The number of halogens is 3. The number of sulfonamides is 1. The van der Waals surface area contributed by atoms with Crippen molar-refractivity contribution in [3.05, 3.63) is 23.2 Å². The number of carboxylic acid groups (broad SMARTS) is 1. The summed E-state index contributed by atoms with van der Waals surface area (Å²) in [4.78, 5) is 10.5. The molecule has 1 aromatic rings. The Morgan fingerprint density at radius 1 is 1.43 bits per heavy atom.